The van der Waals surface area contributed by atoms with Crippen molar-refractivity contribution >= 4 is 36.1 Å². The van der Waals surface area contributed by atoms with Gasteiger partial charge >= 0.3 is 0 Å². The van der Waals surface area contributed by atoms with Crippen LogP contribution in [0.2, 0.25) is 0 Å². The molecule has 0 aliphatic rings. The van der Waals surface area contributed by atoms with Crippen LogP contribution in [0.1, 0.15) is 0 Å². The van der Waals surface area contributed by atoms with Gasteiger partial charge < -0.3 is 0 Å². The number of thiocarbonyl (C=S) groups is 1. The van der Waals surface area contributed by atoms with E-state index < -0.39 is 0 Å². The number of hydrogen-bond donors (Lipinski definition) is 1. The van der Waals surface area contributed by atoms with Crippen LogP contribution in [0.4, 0.5) is 5.69 Å². The van der Waals surface area contributed by atoms with Gasteiger partial charge in [-0.3, -0.25) is 0 Å². The van der Waals surface area contributed by atoms with Gasteiger partial charge in [-0.15, -0.1) is 0 Å². The molecule has 0 bridgehead atoms. The maximum atomic E-state index is 4.81. The van der Waals surface area contributed by atoms with Gasteiger partial charge in [0.25, 0.3) is 0 Å². The maximum absolute atomic E-state index is 4.81. The predicted molar refractivity (Wildman–Crippen MR) is 61.7 cm³/mol. The average Bonchev–Trinajstić information content (AvgIpc) is 2.06. The number of benzene rings is 1. The van der Waals surface area contributed by atoms with Crippen LogP contribution in [0, 0.1) is 0 Å². The Balaban J connectivity index is 2.89. The molecule has 0 heterocycles. The second-order valence-electron chi connectivity index (χ2n) is 2.82. The smallest absolute Gasteiger partial charge is 0.144 e. The first-order valence-corrected chi connectivity index (χ1v) is 4.61. The number of hydrogen-bond acceptors (Lipinski definition) is 2. The van der Waals surface area contributed by atoms with E-state index >= 15 is 0 Å². The lowest BCUT2D eigenvalue weighted by Gasteiger charge is -2.24. The Hall–Kier alpha value is -0.380. The number of nitrogens with zero attached hydrogens (tertiary/aromatic N) is 1. The predicted octanol–water partition coefficient (Wildman–Crippen LogP) is 2.47. The summed E-state index contributed by atoms with van der Waals surface area (Å²) in [6, 6.07) is 10.1. The molecule has 0 saturated carbocycles. The normalized spacial score (nSPS) is 15.2. The van der Waals surface area contributed by atoms with Gasteiger partial charge in [0.05, 0.1) is 19.9 Å². The Labute approximate surface area is 84.1 Å². The molecule has 0 amide bonds. The zero-order valence-corrected chi connectivity index (χ0v) is 8.68. The molecule has 0 N–H and O–H groups in total. The summed E-state index contributed by atoms with van der Waals surface area (Å²) in [6.07, 6.45) is 0. The molecule has 3 heteroatoms. The highest BCUT2D eigenvalue weighted by Crippen LogP contribution is 2.21. The van der Waals surface area contributed by atoms with E-state index in [4.69, 9.17) is 12.2 Å². The summed E-state index contributed by atoms with van der Waals surface area (Å²) >= 11 is 9.31. The first-order chi connectivity index (χ1) is 5.67. The standard InChI is InChI=1S/C9H12NS2/c1-10(12,7-8-11)9-5-3-2-4-6-9/h2-6,8,12H,7H2,1H3/q+1. The summed E-state index contributed by atoms with van der Waals surface area (Å²) in [5.41, 5.74) is 1.15. The van der Waals surface area contributed by atoms with Crippen LogP contribution < -0.4 is 3.89 Å². The van der Waals surface area contributed by atoms with Gasteiger partial charge in [0, 0.05) is 17.5 Å². The number of quaternary nitrogens is 1. The SMILES string of the molecule is C[N+](S)(CC=S)c1ccccc1. The molecule has 1 unspecified atom stereocenters. The summed E-state index contributed by atoms with van der Waals surface area (Å²) in [4.78, 5) is 0. The third-order valence-electron chi connectivity index (χ3n) is 1.74. The minimum absolute atomic E-state index is 0.518. The lowest BCUT2D eigenvalue weighted by molar-refractivity contribution is 0.639. The van der Waals surface area contributed by atoms with Gasteiger partial charge in [-0.05, 0) is 0 Å². The summed E-state index contributed by atoms with van der Waals surface area (Å²) in [5, 5.41) is 1.71. The zero-order valence-electron chi connectivity index (χ0n) is 6.97. The highest BCUT2D eigenvalue weighted by molar-refractivity contribution is 7.80. The van der Waals surface area contributed by atoms with E-state index in [2.05, 4.69) is 12.8 Å². The van der Waals surface area contributed by atoms with E-state index in [0.717, 1.165) is 12.2 Å². The Bertz CT molecular complexity index is 256. The van der Waals surface area contributed by atoms with E-state index in [9.17, 15) is 0 Å². The topological polar surface area (TPSA) is 0 Å². The molecule has 1 rings (SSSR count). The fraction of sp³-hybridized carbons (Fsp3) is 0.222. The fourth-order valence-corrected chi connectivity index (χ4v) is 1.62. The van der Waals surface area contributed by atoms with Crippen LogP contribution in [-0.4, -0.2) is 19.0 Å². The van der Waals surface area contributed by atoms with Crippen LogP contribution in [0.3, 0.4) is 0 Å². The van der Waals surface area contributed by atoms with E-state index in [0.29, 0.717) is 3.89 Å². The summed E-state index contributed by atoms with van der Waals surface area (Å²) < 4.78 is 0.518. The van der Waals surface area contributed by atoms with Crippen molar-refractivity contribution < 1.29 is 0 Å². The molecule has 0 spiro atoms. The lowest BCUT2D eigenvalue weighted by Crippen LogP contribution is -2.35. The lowest BCUT2D eigenvalue weighted by atomic mass is 10.3. The van der Waals surface area contributed by atoms with Gasteiger partial charge in [-0.1, -0.05) is 30.4 Å². The van der Waals surface area contributed by atoms with Crippen LogP contribution in [-0.2, 0) is 0 Å². The van der Waals surface area contributed by atoms with Gasteiger partial charge in [0.1, 0.15) is 12.2 Å². The molecule has 0 aliphatic carbocycles. The quantitative estimate of drug-likeness (QED) is 0.442. The van der Waals surface area contributed by atoms with Crippen molar-refractivity contribution in [2.45, 2.75) is 0 Å². The van der Waals surface area contributed by atoms with Gasteiger partial charge in [0.15, 0.2) is 0 Å². The molecular weight excluding hydrogens is 186 g/mol. The van der Waals surface area contributed by atoms with Crippen molar-refractivity contribution in [1.82, 2.24) is 3.89 Å². The largest absolute Gasteiger partial charge is 0.231 e. The van der Waals surface area contributed by atoms with Crippen molar-refractivity contribution in [2.75, 3.05) is 13.6 Å². The zero-order chi connectivity index (χ0) is 9.03. The number of para-hydroxylation sites is 1. The van der Waals surface area contributed by atoms with E-state index in [1.54, 1.807) is 5.37 Å². The average molecular weight is 198 g/mol. The number of rotatable bonds is 3. The summed E-state index contributed by atoms with van der Waals surface area (Å²) in [7, 11) is 2.02. The Morgan fingerprint density at radius 2 is 2.00 bits per heavy atom. The highest BCUT2D eigenvalue weighted by Gasteiger charge is 2.17. The Kier molecular flexibility index (Phi) is 3.26. The molecule has 0 radical (unpaired) electrons. The molecule has 0 aromatic heterocycles. The van der Waals surface area contributed by atoms with Crippen molar-refractivity contribution in [3.05, 3.63) is 30.3 Å². The van der Waals surface area contributed by atoms with Crippen LogP contribution in [0.25, 0.3) is 0 Å². The molecule has 0 saturated heterocycles. The van der Waals surface area contributed by atoms with Crippen LogP contribution >= 0.6 is 25.0 Å². The van der Waals surface area contributed by atoms with Gasteiger partial charge in [-0.2, -0.15) is 0 Å². The second-order valence-corrected chi connectivity index (χ2v) is 4.04. The molecule has 1 nitrogen and oxygen atoms in total. The molecule has 12 heavy (non-hydrogen) atoms. The molecule has 1 aromatic rings. The fourth-order valence-electron chi connectivity index (χ4n) is 1.000. The van der Waals surface area contributed by atoms with Gasteiger partial charge in [0.2, 0.25) is 0 Å². The molecule has 0 aliphatic heterocycles. The monoisotopic (exact) mass is 198 g/mol. The summed E-state index contributed by atoms with van der Waals surface area (Å²) in [5.74, 6) is 0. The van der Waals surface area contributed by atoms with E-state index in [-0.39, 0.29) is 0 Å². The number of thiol groups is 1. The third kappa shape index (κ3) is 2.30. The van der Waals surface area contributed by atoms with Crippen LogP contribution in [0.5, 0.6) is 0 Å². The Morgan fingerprint density at radius 3 is 2.50 bits per heavy atom. The van der Waals surface area contributed by atoms with Crippen molar-refractivity contribution in [3.8, 4) is 0 Å². The Morgan fingerprint density at radius 1 is 1.42 bits per heavy atom. The van der Waals surface area contributed by atoms with Crippen LogP contribution in [0.15, 0.2) is 30.3 Å². The molecule has 0 fully saturated rings. The third-order valence-corrected chi connectivity index (χ3v) is 2.29. The summed E-state index contributed by atoms with van der Waals surface area (Å²) in [6.45, 7) is 0.752. The molecule has 64 valence electrons. The molecule has 1 atom stereocenters. The first-order valence-electron chi connectivity index (χ1n) is 3.74. The molecule has 1 aromatic carbocycles. The van der Waals surface area contributed by atoms with E-state index in [1.165, 1.54) is 0 Å². The van der Waals surface area contributed by atoms with E-state index in [1.807, 2.05) is 37.4 Å². The second kappa shape index (κ2) is 4.03. The minimum atomic E-state index is 0.518. The van der Waals surface area contributed by atoms with Gasteiger partial charge in [-0.25, -0.2) is 3.89 Å². The molecular formula is C9H12NS2+. The van der Waals surface area contributed by atoms with Crippen molar-refractivity contribution in [1.29, 1.82) is 0 Å². The van der Waals surface area contributed by atoms with Crippen molar-refractivity contribution in [2.24, 2.45) is 0 Å². The minimum Gasteiger partial charge on any atom is -0.231 e. The van der Waals surface area contributed by atoms with Crippen molar-refractivity contribution in [3.63, 3.8) is 0 Å². The first kappa shape index (κ1) is 9.71. The maximum Gasteiger partial charge on any atom is 0.144 e. The highest BCUT2D eigenvalue weighted by atomic mass is 32.1.